The van der Waals surface area contributed by atoms with Gasteiger partial charge in [-0.1, -0.05) is 73.6 Å². The molecule has 4 atom stereocenters. The van der Waals surface area contributed by atoms with Crippen LogP contribution in [0.3, 0.4) is 0 Å². The van der Waals surface area contributed by atoms with Crippen LogP contribution in [0.1, 0.15) is 72.6 Å². The molecule has 1 aliphatic heterocycles. The first kappa shape index (κ1) is 26.9. The average Bonchev–Trinajstić information content (AvgIpc) is 3.16. The molecule has 3 aliphatic rings. The molecule has 4 heteroatoms. The van der Waals surface area contributed by atoms with Gasteiger partial charge in [-0.05, 0) is 69.6 Å². The molecule has 4 unspecified atom stereocenters. The number of ether oxygens (including phenoxy) is 1. The average molecular weight is 477 g/mol. The van der Waals surface area contributed by atoms with Gasteiger partial charge in [-0.3, -0.25) is 0 Å². The third-order valence-electron chi connectivity index (χ3n) is 7.11. The number of nitrogens with one attached hydrogen (secondary N) is 1. The number of allylic oxidation sites excluding steroid dienone is 11. The lowest BCUT2D eigenvalue weighted by atomic mass is 9.99. The predicted molar refractivity (Wildman–Crippen MR) is 147 cm³/mol. The van der Waals surface area contributed by atoms with Crippen LogP contribution in [0.5, 0.6) is 0 Å². The lowest BCUT2D eigenvalue weighted by Crippen LogP contribution is -2.28. The van der Waals surface area contributed by atoms with E-state index < -0.39 is 6.10 Å². The molecule has 0 amide bonds. The summed E-state index contributed by atoms with van der Waals surface area (Å²) in [4.78, 5) is 0. The molecule has 0 aromatic carbocycles. The van der Waals surface area contributed by atoms with Crippen LogP contribution in [0.25, 0.3) is 0 Å². The monoisotopic (exact) mass is 476 g/mol. The molecular formula is C31H44N2O2. The Labute approximate surface area is 212 Å². The molecule has 0 saturated heterocycles. The molecule has 0 aromatic heterocycles. The van der Waals surface area contributed by atoms with E-state index in [1.54, 1.807) is 0 Å². The van der Waals surface area contributed by atoms with E-state index in [1.165, 1.54) is 29.6 Å². The molecule has 4 nitrogen and oxygen atoms in total. The third kappa shape index (κ3) is 8.17. The molecule has 1 heterocycles. The summed E-state index contributed by atoms with van der Waals surface area (Å²) in [5, 5.41) is 13.9. The molecule has 190 valence electrons. The van der Waals surface area contributed by atoms with E-state index in [0.29, 0.717) is 23.9 Å². The Balaban J connectivity index is 1.69. The lowest BCUT2D eigenvalue weighted by Gasteiger charge is -2.25. The Hall–Kier alpha value is -2.72. The molecule has 3 rings (SSSR count). The number of rotatable bonds is 9. The Bertz CT molecular complexity index is 974. The van der Waals surface area contributed by atoms with Crippen molar-refractivity contribution in [1.29, 1.82) is 0 Å². The normalized spacial score (nSPS) is 26.5. The highest BCUT2D eigenvalue weighted by Crippen LogP contribution is 2.28. The zero-order chi connectivity index (χ0) is 25.2. The van der Waals surface area contributed by atoms with E-state index in [4.69, 9.17) is 10.5 Å². The van der Waals surface area contributed by atoms with E-state index in [2.05, 4.69) is 74.7 Å². The van der Waals surface area contributed by atoms with Crippen molar-refractivity contribution in [2.75, 3.05) is 0 Å². The van der Waals surface area contributed by atoms with Crippen LogP contribution in [0, 0.1) is 11.8 Å². The van der Waals surface area contributed by atoms with Gasteiger partial charge in [0.1, 0.15) is 6.10 Å². The first-order valence-electron chi connectivity index (χ1n) is 13.2. The maximum absolute atomic E-state index is 10.5. The Morgan fingerprint density at radius 3 is 2.86 bits per heavy atom. The van der Waals surface area contributed by atoms with Crippen molar-refractivity contribution in [3.05, 3.63) is 94.8 Å². The second-order valence-electron chi connectivity index (χ2n) is 10.1. The Morgan fingerprint density at radius 2 is 2.09 bits per heavy atom. The fraction of sp³-hybridized carbons (Fsp3) is 0.484. The summed E-state index contributed by atoms with van der Waals surface area (Å²) in [6, 6.07) is 0. The van der Waals surface area contributed by atoms with Crippen LogP contribution in [0.4, 0.5) is 0 Å². The molecule has 0 bridgehead atoms. The topological polar surface area (TPSA) is 67.5 Å². The van der Waals surface area contributed by atoms with E-state index in [0.717, 1.165) is 37.3 Å². The molecule has 35 heavy (non-hydrogen) atoms. The van der Waals surface area contributed by atoms with Crippen molar-refractivity contribution in [3.63, 3.8) is 0 Å². The van der Waals surface area contributed by atoms with Crippen LogP contribution in [-0.2, 0) is 4.74 Å². The lowest BCUT2D eigenvalue weighted by molar-refractivity contribution is 0.137. The fourth-order valence-electron chi connectivity index (χ4n) is 4.69. The van der Waals surface area contributed by atoms with Crippen molar-refractivity contribution in [1.82, 2.24) is 5.32 Å². The van der Waals surface area contributed by atoms with Crippen LogP contribution in [-0.4, -0.2) is 17.3 Å². The number of nitrogens with two attached hydrogens (primary N) is 1. The second-order valence-corrected chi connectivity index (χ2v) is 10.1. The van der Waals surface area contributed by atoms with Gasteiger partial charge in [-0.25, -0.2) is 0 Å². The summed E-state index contributed by atoms with van der Waals surface area (Å²) in [6.07, 6.45) is 27.6. The van der Waals surface area contributed by atoms with E-state index in [-0.39, 0.29) is 6.10 Å². The van der Waals surface area contributed by atoms with Crippen molar-refractivity contribution >= 4 is 0 Å². The zero-order valence-corrected chi connectivity index (χ0v) is 22.0. The minimum Gasteiger partial charge on any atom is -0.471 e. The minimum absolute atomic E-state index is 0.0677. The number of hydrogen-bond acceptors (Lipinski definition) is 4. The first-order valence-corrected chi connectivity index (χ1v) is 13.2. The largest absolute Gasteiger partial charge is 0.471 e. The second kappa shape index (κ2) is 13.4. The Morgan fingerprint density at radius 1 is 1.26 bits per heavy atom. The van der Waals surface area contributed by atoms with E-state index in [9.17, 15) is 5.11 Å². The number of aliphatic hydroxyl groups is 1. The standard InChI is InChI=1S/C31H44N2O2/c1-5-9-26-19-18-25(17-15-23(26)4)20-27-12-8-13-30(35-27)33-28(31(32)29(34)6-2)21-24-11-7-10-22(3)14-16-24/h5,8-9,11-13,15,17-19,22,26-27,29,33-34H,6-7,10,14,16,20-21,32H2,1-4H3. The SMILES string of the molecule is CC=CC1C=CC(CC2C=CC=C(NC(CC3=CCCC(C)CC3)=C(N)C(O)CC)O2)=CC=C1C. The van der Waals surface area contributed by atoms with Gasteiger partial charge >= 0.3 is 0 Å². The minimum atomic E-state index is -0.667. The van der Waals surface area contributed by atoms with Crippen LogP contribution in [0.2, 0.25) is 0 Å². The van der Waals surface area contributed by atoms with Crippen LogP contribution < -0.4 is 11.1 Å². The Kier molecular flexibility index (Phi) is 10.3. The molecular weight excluding hydrogens is 432 g/mol. The zero-order valence-electron chi connectivity index (χ0n) is 22.0. The van der Waals surface area contributed by atoms with Gasteiger partial charge in [0.2, 0.25) is 0 Å². The number of hydrogen-bond donors (Lipinski definition) is 3. The van der Waals surface area contributed by atoms with E-state index in [1.807, 2.05) is 19.1 Å². The summed E-state index contributed by atoms with van der Waals surface area (Å²) >= 11 is 0. The highest BCUT2D eigenvalue weighted by atomic mass is 16.5. The van der Waals surface area contributed by atoms with Crippen LogP contribution >= 0.6 is 0 Å². The van der Waals surface area contributed by atoms with Crippen molar-refractivity contribution < 1.29 is 9.84 Å². The first-order chi connectivity index (χ1) is 16.9. The van der Waals surface area contributed by atoms with Gasteiger partial charge in [0.25, 0.3) is 0 Å². The third-order valence-corrected chi connectivity index (χ3v) is 7.11. The maximum atomic E-state index is 10.5. The van der Waals surface area contributed by atoms with Crippen molar-refractivity contribution in [3.8, 4) is 0 Å². The summed E-state index contributed by atoms with van der Waals surface area (Å²) in [6.45, 7) is 8.50. The van der Waals surface area contributed by atoms with Gasteiger partial charge in [0.15, 0.2) is 5.88 Å². The van der Waals surface area contributed by atoms with Gasteiger partial charge in [0, 0.05) is 24.5 Å². The number of aliphatic hydroxyl groups excluding tert-OH is 1. The highest BCUT2D eigenvalue weighted by molar-refractivity contribution is 5.36. The summed E-state index contributed by atoms with van der Waals surface area (Å²) in [7, 11) is 0. The fourth-order valence-corrected chi connectivity index (χ4v) is 4.69. The molecule has 0 spiro atoms. The van der Waals surface area contributed by atoms with Crippen molar-refractivity contribution in [2.24, 2.45) is 17.6 Å². The van der Waals surface area contributed by atoms with Gasteiger partial charge in [-0.15, -0.1) is 0 Å². The highest BCUT2D eigenvalue weighted by Gasteiger charge is 2.20. The van der Waals surface area contributed by atoms with Gasteiger partial charge in [-0.2, -0.15) is 0 Å². The smallest absolute Gasteiger partial charge is 0.191 e. The predicted octanol–water partition coefficient (Wildman–Crippen LogP) is 6.87. The maximum Gasteiger partial charge on any atom is 0.191 e. The molecule has 0 radical (unpaired) electrons. The quantitative estimate of drug-likeness (QED) is 0.318. The molecule has 0 saturated carbocycles. The summed E-state index contributed by atoms with van der Waals surface area (Å²) in [5.74, 6) is 1.77. The van der Waals surface area contributed by atoms with Crippen LogP contribution in [0.15, 0.2) is 94.8 Å². The van der Waals surface area contributed by atoms with Gasteiger partial charge in [0.05, 0.1) is 11.8 Å². The van der Waals surface area contributed by atoms with Crippen molar-refractivity contribution in [2.45, 2.75) is 84.8 Å². The van der Waals surface area contributed by atoms with E-state index >= 15 is 0 Å². The molecule has 2 aliphatic carbocycles. The molecule has 0 fully saturated rings. The summed E-state index contributed by atoms with van der Waals surface area (Å²) < 4.78 is 6.32. The molecule has 0 aromatic rings. The molecule has 4 N–H and O–H groups in total. The summed E-state index contributed by atoms with van der Waals surface area (Å²) in [5.41, 5.74) is 11.7. The van der Waals surface area contributed by atoms with Gasteiger partial charge < -0.3 is 20.9 Å².